The summed E-state index contributed by atoms with van der Waals surface area (Å²) in [5.41, 5.74) is 0.237. The Labute approximate surface area is 115 Å². The summed E-state index contributed by atoms with van der Waals surface area (Å²) in [6.07, 6.45) is 0. The molecule has 0 saturated heterocycles. The summed E-state index contributed by atoms with van der Waals surface area (Å²) in [4.78, 5) is 34.2. The highest BCUT2D eigenvalue weighted by atomic mass is 16.3. The number of hydrogen-bond donors (Lipinski definition) is 4. The molecule has 108 valence electrons. The molecule has 0 aliphatic heterocycles. The summed E-state index contributed by atoms with van der Waals surface area (Å²) in [6.45, 7) is 0.557. The van der Waals surface area contributed by atoms with Crippen molar-refractivity contribution in [2.24, 2.45) is 0 Å². The van der Waals surface area contributed by atoms with Crippen molar-refractivity contribution in [2.75, 3.05) is 13.2 Å². The second kappa shape index (κ2) is 7.25. The van der Waals surface area contributed by atoms with Crippen molar-refractivity contribution < 1.29 is 24.6 Å². The zero-order valence-electron chi connectivity index (χ0n) is 10.9. The quantitative estimate of drug-likeness (QED) is 0.544. The molecule has 0 saturated carbocycles. The lowest BCUT2D eigenvalue weighted by atomic mass is 10.2. The number of benzene rings is 1. The zero-order valence-corrected chi connectivity index (χ0v) is 10.9. The predicted octanol–water partition coefficient (Wildman–Crippen LogP) is -0.812. The summed E-state index contributed by atoms with van der Waals surface area (Å²) in [6, 6.07) is 4.28. The Morgan fingerprint density at radius 3 is 2.30 bits per heavy atom. The van der Waals surface area contributed by atoms with Gasteiger partial charge in [0.25, 0.3) is 5.91 Å². The summed E-state index contributed by atoms with van der Waals surface area (Å²) in [7, 11) is 0. The lowest BCUT2D eigenvalue weighted by Crippen LogP contribution is -2.49. The molecule has 1 aromatic rings. The molecule has 2 amide bonds. The normalized spacial score (nSPS) is 11.5. The number of hydrogen-bond acceptors (Lipinski definition) is 5. The molecule has 1 unspecified atom stereocenters. The van der Waals surface area contributed by atoms with Crippen LogP contribution in [0.15, 0.2) is 24.3 Å². The largest absolute Gasteiger partial charge is 0.508 e. The van der Waals surface area contributed by atoms with Crippen molar-refractivity contribution >= 4 is 17.6 Å². The van der Waals surface area contributed by atoms with Gasteiger partial charge in [-0.2, -0.15) is 0 Å². The van der Waals surface area contributed by atoms with Crippen molar-refractivity contribution in [3.8, 4) is 5.75 Å². The van der Waals surface area contributed by atoms with Gasteiger partial charge in [-0.25, -0.2) is 0 Å². The molecule has 20 heavy (non-hydrogen) atoms. The third-order valence-electron chi connectivity index (χ3n) is 2.45. The Balaban J connectivity index is 2.63. The van der Waals surface area contributed by atoms with E-state index in [-0.39, 0.29) is 23.6 Å². The van der Waals surface area contributed by atoms with Gasteiger partial charge in [-0.3, -0.25) is 14.4 Å². The van der Waals surface area contributed by atoms with Crippen LogP contribution in [-0.4, -0.2) is 47.0 Å². The molecule has 1 rings (SSSR count). The maximum absolute atomic E-state index is 11.8. The maximum Gasteiger partial charge on any atom is 0.252 e. The van der Waals surface area contributed by atoms with Gasteiger partial charge >= 0.3 is 0 Å². The Hall–Kier alpha value is -2.41. The van der Waals surface area contributed by atoms with E-state index < -0.39 is 24.5 Å². The lowest BCUT2D eigenvalue weighted by Gasteiger charge is -2.15. The van der Waals surface area contributed by atoms with Gasteiger partial charge in [0.05, 0.1) is 13.2 Å². The third kappa shape index (κ3) is 4.69. The van der Waals surface area contributed by atoms with Gasteiger partial charge in [0.2, 0.25) is 5.91 Å². The molecule has 4 N–H and O–H groups in total. The number of aliphatic hydroxyl groups is 1. The van der Waals surface area contributed by atoms with Crippen molar-refractivity contribution in [1.82, 2.24) is 10.6 Å². The number of rotatable bonds is 6. The number of amides is 2. The Morgan fingerprint density at radius 1 is 1.20 bits per heavy atom. The molecule has 0 aromatic heterocycles. The van der Waals surface area contributed by atoms with Crippen LogP contribution in [0, 0.1) is 0 Å². The first-order chi connectivity index (χ1) is 9.43. The molecule has 0 radical (unpaired) electrons. The highest BCUT2D eigenvalue weighted by Crippen LogP contribution is 2.09. The van der Waals surface area contributed by atoms with E-state index in [1.165, 1.54) is 31.2 Å². The van der Waals surface area contributed by atoms with Crippen LogP contribution < -0.4 is 10.6 Å². The molecule has 0 heterocycles. The van der Waals surface area contributed by atoms with E-state index in [0.717, 1.165) is 0 Å². The Morgan fingerprint density at radius 2 is 1.80 bits per heavy atom. The van der Waals surface area contributed by atoms with Crippen LogP contribution in [0.3, 0.4) is 0 Å². The number of phenolic OH excluding ortho intramolecular Hbond substituents is 1. The lowest BCUT2D eigenvalue weighted by molar-refractivity contribution is -0.126. The van der Waals surface area contributed by atoms with E-state index in [1.807, 2.05) is 0 Å². The molecule has 7 heteroatoms. The van der Waals surface area contributed by atoms with Crippen LogP contribution >= 0.6 is 0 Å². The number of nitrogens with one attached hydrogen (secondary N) is 2. The molecule has 0 bridgehead atoms. The van der Waals surface area contributed by atoms with E-state index in [9.17, 15) is 14.4 Å². The van der Waals surface area contributed by atoms with E-state index in [2.05, 4.69) is 10.6 Å². The van der Waals surface area contributed by atoms with E-state index in [4.69, 9.17) is 10.2 Å². The van der Waals surface area contributed by atoms with Crippen molar-refractivity contribution in [3.05, 3.63) is 29.8 Å². The van der Waals surface area contributed by atoms with Crippen LogP contribution in [-0.2, 0) is 9.59 Å². The standard InChI is InChI=1S/C13H16N2O5/c1-8(17)6-14-13(20)11(7-16)15-12(19)9-2-4-10(18)5-3-9/h2-5,11,16,18H,6-7H2,1H3,(H,14,20)(H,15,19). The van der Waals surface area contributed by atoms with E-state index >= 15 is 0 Å². The van der Waals surface area contributed by atoms with Crippen LogP contribution in [0.25, 0.3) is 0 Å². The molecular weight excluding hydrogens is 264 g/mol. The summed E-state index contributed by atoms with van der Waals surface area (Å²) in [5, 5.41) is 22.8. The zero-order chi connectivity index (χ0) is 15.1. The average Bonchev–Trinajstić information content (AvgIpc) is 2.42. The van der Waals surface area contributed by atoms with E-state index in [0.29, 0.717) is 0 Å². The number of phenols is 1. The molecule has 1 atom stereocenters. The molecular formula is C13H16N2O5. The van der Waals surface area contributed by atoms with Crippen molar-refractivity contribution in [2.45, 2.75) is 13.0 Å². The van der Waals surface area contributed by atoms with Crippen LogP contribution in [0.1, 0.15) is 17.3 Å². The summed E-state index contributed by atoms with van der Waals surface area (Å²) < 4.78 is 0. The first-order valence-corrected chi connectivity index (χ1v) is 5.92. The molecule has 7 nitrogen and oxygen atoms in total. The Bertz CT molecular complexity index is 498. The molecule has 1 aromatic carbocycles. The predicted molar refractivity (Wildman–Crippen MR) is 70.1 cm³/mol. The first kappa shape index (κ1) is 15.6. The van der Waals surface area contributed by atoms with Gasteiger partial charge in [-0.05, 0) is 31.2 Å². The molecule has 0 fully saturated rings. The molecule has 0 aliphatic rings. The van der Waals surface area contributed by atoms with Gasteiger partial charge in [0.1, 0.15) is 17.6 Å². The average molecular weight is 280 g/mol. The summed E-state index contributed by atoms with van der Waals surface area (Å²) in [5.74, 6) is -1.43. The minimum atomic E-state index is -1.14. The monoisotopic (exact) mass is 280 g/mol. The first-order valence-electron chi connectivity index (χ1n) is 5.92. The number of carbonyl (C=O) groups excluding carboxylic acids is 3. The van der Waals surface area contributed by atoms with Gasteiger partial charge in [-0.1, -0.05) is 0 Å². The third-order valence-corrected chi connectivity index (χ3v) is 2.45. The minimum Gasteiger partial charge on any atom is -0.508 e. The molecule has 0 spiro atoms. The van der Waals surface area contributed by atoms with E-state index in [1.54, 1.807) is 0 Å². The fourth-order valence-corrected chi connectivity index (χ4v) is 1.38. The Kier molecular flexibility index (Phi) is 5.67. The van der Waals surface area contributed by atoms with Crippen LogP contribution in [0.2, 0.25) is 0 Å². The van der Waals surface area contributed by atoms with Crippen molar-refractivity contribution in [1.29, 1.82) is 0 Å². The van der Waals surface area contributed by atoms with Gasteiger partial charge in [-0.15, -0.1) is 0 Å². The molecule has 0 aliphatic carbocycles. The fraction of sp³-hybridized carbons (Fsp3) is 0.308. The SMILES string of the molecule is CC(=O)CNC(=O)C(CO)NC(=O)c1ccc(O)cc1. The second-order valence-corrected chi connectivity index (χ2v) is 4.18. The maximum atomic E-state index is 11.8. The minimum absolute atomic E-state index is 0.0134. The van der Waals surface area contributed by atoms with Gasteiger partial charge in [0, 0.05) is 5.56 Å². The number of Topliss-reactive ketones (excluding diaryl/α,β-unsaturated/α-hetero) is 1. The second-order valence-electron chi connectivity index (χ2n) is 4.18. The number of carbonyl (C=O) groups is 3. The van der Waals surface area contributed by atoms with Gasteiger partial charge in [0.15, 0.2) is 0 Å². The van der Waals surface area contributed by atoms with Crippen molar-refractivity contribution in [3.63, 3.8) is 0 Å². The smallest absolute Gasteiger partial charge is 0.252 e. The number of aromatic hydroxyl groups is 1. The van der Waals surface area contributed by atoms with Gasteiger partial charge < -0.3 is 20.8 Å². The highest BCUT2D eigenvalue weighted by Gasteiger charge is 2.20. The number of ketones is 1. The van der Waals surface area contributed by atoms with Crippen LogP contribution in [0.4, 0.5) is 0 Å². The summed E-state index contributed by atoms with van der Waals surface area (Å²) >= 11 is 0. The number of aliphatic hydroxyl groups excluding tert-OH is 1. The topological polar surface area (TPSA) is 116 Å². The van der Waals surface area contributed by atoms with Crippen LogP contribution in [0.5, 0.6) is 5.75 Å². The fourth-order valence-electron chi connectivity index (χ4n) is 1.38. The highest BCUT2D eigenvalue weighted by molar-refractivity contribution is 5.98.